The van der Waals surface area contributed by atoms with E-state index in [2.05, 4.69) is 48.9 Å². The lowest BCUT2D eigenvalue weighted by Crippen LogP contribution is -2.52. The van der Waals surface area contributed by atoms with Crippen molar-refractivity contribution in [3.8, 4) is 5.75 Å². The number of hydrogen-bond donors (Lipinski definition) is 1. The Bertz CT molecular complexity index is 855. The molecule has 0 spiro atoms. The van der Waals surface area contributed by atoms with E-state index in [9.17, 15) is 0 Å². The van der Waals surface area contributed by atoms with Crippen molar-refractivity contribution >= 4 is 11.6 Å². The first-order valence-corrected chi connectivity index (χ1v) is 11.1. The molecular formula is C22H33N7O. The molecule has 1 aromatic heterocycles. The number of piperazine rings is 1. The number of nitrogens with zero attached hydrogens (tertiary/aromatic N) is 6. The molecule has 0 bridgehead atoms. The maximum atomic E-state index is 5.37. The van der Waals surface area contributed by atoms with Crippen LogP contribution in [0.3, 0.4) is 0 Å². The molecule has 0 radical (unpaired) electrons. The van der Waals surface area contributed by atoms with Crippen LogP contribution in [0.4, 0.5) is 5.69 Å². The first-order valence-electron chi connectivity index (χ1n) is 11.1. The molecule has 2 aliphatic heterocycles. The van der Waals surface area contributed by atoms with Crippen molar-refractivity contribution in [2.24, 2.45) is 4.99 Å². The van der Waals surface area contributed by atoms with Gasteiger partial charge in [-0.2, -0.15) is 0 Å². The maximum Gasteiger partial charge on any atom is 0.194 e. The second-order valence-electron chi connectivity index (χ2n) is 7.84. The van der Waals surface area contributed by atoms with Gasteiger partial charge in [-0.15, -0.1) is 10.2 Å². The van der Waals surface area contributed by atoms with Crippen molar-refractivity contribution < 1.29 is 4.74 Å². The summed E-state index contributed by atoms with van der Waals surface area (Å²) in [6.45, 7) is 8.34. The Morgan fingerprint density at radius 2 is 1.97 bits per heavy atom. The van der Waals surface area contributed by atoms with Gasteiger partial charge in [-0.05, 0) is 31.9 Å². The lowest BCUT2D eigenvalue weighted by molar-refractivity contribution is 0.371. The summed E-state index contributed by atoms with van der Waals surface area (Å²) >= 11 is 0. The highest BCUT2D eigenvalue weighted by molar-refractivity contribution is 5.80. The van der Waals surface area contributed by atoms with Crippen molar-refractivity contribution in [2.75, 3.05) is 44.7 Å². The Labute approximate surface area is 178 Å². The van der Waals surface area contributed by atoms with Gasteiger partial charge >= 0.3 is 0 Å². The maximum absolute atomic E-state index is 5.37. The molecular weight excluding hydrogens is 378 g/mol. The van der Waals surface area contributed by atoms with E-state index in [0.29, 0.717) is 6.54 Å². The van der Waals surface area contributed by atoms with Crippen LogP contribution in [0.2, 0.25) is 0 Å². The molecule has 1 saturated heterocycles. The third-order valence-electron chi connectivity index (χ3n) is 5.89. The van der Waals surface area contributed by atoms with Gasteiger partial charge in [0.1, 0.15) is 18.1 Å². The van der Waals surface area contributed by atoms with Crippen LogP contribution in [-0.2, 0) is 19.5 Å². The van der Waals surface area contributed by atoms with Crippen LogP contribution in [0.5, 0.6) is 5.75 Å². The minimum atomic E-state index is 0.575. The largest absolute Gasteiger partial charge is 0.497 e. The molecule has 0 amide bonds. The first-order chi connectivity index (χ1) is 14.8. The van der Waals surface area contributed by atoms with Crippen LogP contribution in [-0.4, -0.2) is 65.5 Å². The van der Waals surface area contributed by atoms with E-state index < -0.39 is 0 Å². The lowest BCUT2D eigenvalue weighted by Gasteiger charge is -2.37. The molecule has 30 heavy (non-hydrogen) atoms. The zero-order valence-corrected chi connectivity index (χ0v) is 18.2. The van der Waals surface area contributed by atoms with Gasteiger partial charge < -0.3 is 24.4 Å². The summed E-state index contributed by atoms with van der Waals surface area (Å²) in [5.41, 5.74) is 1.21. The zero-order valence-electron chi connectivity index (χ0n) is 18.2. The van der Waals surface area contributed by atoms with Crippen molar-refractivity contribution in [3.63, 3.8) is 0 Å². The highest BCUT2D eigenvalue weighted by atomic mass is 16.5. The number of fused-ring (bicyclic) bond motifs is 1. The molecule has 0 saturated carbocycles. The van der Waals surface area contributed by atoms with E-state index in [1.54, 1.807) is 7.11 Å². The van der Waals surface area contributed by atoms with E-state index in [0.717, 1.165) is 69.0 Å². The second kappa shape index (κ2) is 9.82. The zero-order chi connectivity index (χ0) is 20.8. The first kappa shape index (κ1) is 20.5. The molecule has 1 fully saturated rings. The van der Waals surface area contributed by atoms with Crippen molar-refractivity contribution in [1.82, 2.24) is 25.0 Å². The van der Waals surface area contributed by atoms with Gasteiger partial charge in [0, 0.05) is 57.4 Å². The molecule has 0 unspecified atom stereocenters. The number of methoxy groups -OCH3 is 1. The van der Waals surface area contributed by atoms with E-state index in [1.165, 1.54) is 24.9 Å². The van der Waals surface area contributed by atoms with Crippen LogP contribution < -0.4 is 15.0 Å². The molecule has 1 aromatic carbocycles. The number of rotatable bonds is 5. The van der Waals surface area contributed by atoms with Gasteiger partial charge in [-0.3, -0.25) is 0 Å². The third kappa shape index (κ3) is 4.68. The van der Waals surface area contributed by atoms with Crippen LogP contribution in [0.1, 0.15) is 37.8 Å². The monoisotopic (exact) mass is 411 g/mol. The van der Waals surface area contributed by atoms with Gasteiger partial charge in [-0.25, -0.2) is 4.99 Å². The Kier molecular flexibility index (Phi) is 6.71. The number of anilines is 1. The minimum Gasteiger partial charge on any atom is -0.497 e. The smallest absolute Gasteiger partial charge is 0.194 e. The van der Waals surface area contributed by atoms with Gasteiger partial charge in [0.2, 0.25) is 0 Å². The molecule has 2 aliphatic rings. The van der Waals surface area contributed by atoms with E-state index in [-0.39, 0.29) is 0 Å². The minimum absolute atomic E-state index is 0.575. The number of ether oxygens (including phenoxy) is 1. The highest BCUT2D eigenvalue weighted by Gasteiger charge is 2.21. The fraction of sp³-hybridized carbons (Fsp3) is 0.591. The Morgan fingerprint density at radius 3 is 2.77 bits per heavy atom. The van der Waals surface area contributed by atoms with Crippen molar-refractivity contribution in [3.05, 3.63) is 35.9 Å². The second-order valence-corrected chi connectivity index (χ2v) is 7.84. The Hall–Kier alpha value is -2.77. The molecule has 0 aliphatic carbocycles. The van der Waals surface area contributed by atoms with Crippen molar-refractivity contribution in [2.45, 2.75) is 45.7 Å². The SMILES string of the molecule is CCNC(=NCc1nnc2n1CCCCC2)N1CCN(c2cccc(OC)c2)CC1. The fourth-order valence-electron chi connectivity index (χ4n) is 4.22. The number of aliphatic imine (C=N–C) groups is 1. The van der Waals surface area contributed by atoms with Crippen molar-refractivity contribution in [1.29, 1.82) is 0 Å². The summed E-state index contributed by atoms with van der Waals surface area (Å²) in [5, 5.41) is 12.3. The molecule has 8 heteroatoms. The number of aromatic nitrogens is 3. The molecule has 8 nitrogen and oxygen atoms in total. The molecule has 162 valence electrons. The van der Waals surface area contributed by atoms with E-state index >= 15 is 0 Å². The van der Waals surface area contributed by atoms with Gasteiger partial charge in [-0.1, -0.05) is 12.5 Å². The average Bonchev–Trinajstić information content (AvgIpc) is 3.02. The number of guanidine groups is 1. The standard InChI is InChI=1S/C22H33N7O/c1-3-23-22(24-17-21-26-25-20-10-5-4-6-11-29(20)21)28-14-12-27(13-15-28)18-8-7-9-19(16-18)30-2/h7-9,16H,3-6,10-15,17H2,1-2H3,(H,23,24). The molecule has 3 heterocycles. The summed E-state index contributed by atoms with van der Waals surface area (Å²) < 4.78 is 7.65. The van der Waals surface area contributed by atoms with E-state index in [4.69, 9.17) is 9.73 Å². The predicted octanol–water partition coefficient (Wildman–Crippen LogP) is 2.30. The Morgan fingerprint density at radius 1 is 1.10 bits per heavy atom. The molecule has 2 aromatic rings. The number of aryl methyl sites for hydroxylation is 1. The fourth-order valence-corrected chi connectivity index (χ4v) is 4.22. The molecule has 4 rings (SSSR count). The topological polar surface area (TPSA) is 70.8 Å². The number of nitrogens with one attached hydrogen (secondary N) is 1. The average molecular weight is 412 g/mol. The lowest BCUT2D eigenvalue weighted by atomic mass is 10.2. The quantitative estimate of drug-likeness (QED) is 0.601. The summed E-state index contributed by atoms with van der Waals surface area (Å²) in [6.07, 6.45) is 4.71. The summed E-state index contributed by atoms with van der Waals surface area (Å²) in [6, 6.07) is 8.29. The van der Waals surface area contributed by atoms with Crippen LogP contribution in [0.25, 0.3) is 0 Å². The summed E-state index contributed by atoms with van der Waals surface area (Å²) in [5.74, 6) is 3.97. The molecule has 0 atom stereocenters. The highest BCUT2D eigenvalue weighted by Crippen LogP contribution is 2.22. The van der Waals surface area contributed by atoms with Crippen LogP contribution in [0, 0.1) is 0 Å². The van der Waals surface area contributed by atoms with Crippen LogP contribution in [0.15, 0.2) is 29.3 Å². The van der Waals surface area contributed by atoms with Gasteiger partial charge in [0.15, 0.2) is 11.8 Å². The predicted molar refractivity (Wildman–Crippen MR) is 119 cm³/mol. The number of hydrogen-bond acceptors (Lipinski definition) is 5. The summed E-state index contributed by atoms with van der Waals surface area (Å²) in [4.78, 5) is 9.66. The number of benzene rings is 1. The normalized spacial score (nSPS) is 17.5. The summed E-state index contributed by atoms with van der Waals surface area (Å²) in [7, 11) is 1.71. The van der Waals surface area contributed by atoms with Gasteiger partial charge in [0.05, 0.1) is 7.11 Å². The molecule has 1 N–H and O–H groups in total. The third-order valence-corrected chi connectivity index (χ3v) is 5.89. The van der Waals surface area contributed by atoms with Gasteiger partial charge in [0.25, 0.3) is 0 Å². The van der Waals surface area contributed by atoms with Crippen LogP contribution >= 0.6 is 0 Å². The Balaban J connectivity index is 1.40. The van der Waals surface area contributed by atoms with E-state index in [1.807, 2.05) is 12.1 Å².